The Kier molecular flexibility index (Phi) is 2.03. The van der Waals surface area contributed by atoms with Gasteiger partial charge in [-0.1, -0.05) is 0 Å². The summed E-state index contributed by atoms with van der Waals surface area (Å²) in [6.07, 6.45) is -0.487. The molecule has 1 aliphatic heterocycles. The molecule has 2 nitrogen and oxygen atoms in total. The van der Waals surface area contributed by atoms with E-state index >= 15 is 0 Å². The van der Waals surface area contributed by atoms with Gasteiger partial charge in [-0.15, -0.1) is 0 Å². The average molecular weight is 133 g/mol. The number of alkyl halides is 1. The number of rotatable bonds is 1. The van der Waals surface area contributed by atoms with Gasteiger partial charge in [0.1, 0.15) is 0 Å². The van der Waals surface area contributed by atoms with E-state index in [9.17, 15) is 4.39 Å². The van der Waals surface area contributed by atoms with Crippen molar-refractivity contribution in [2.45, 2.75) is 25.7 Å². The van der Waals surface area contributed by atoms with E-state index < -0.39 is 6.30 Å². The Bertz CT molecular complexity index is 97.1. The maximum Gasteiger partial charge on any atom is 0.150 e. The molecule has 1 aliphatic rings. The summed E-state index contributed by atoms with van der Waals surface area (Å²) in [5.41, 5.74) is 0. The summed E-state index contributed by atoms with van der Waals surface area (Å²) in [7, 11) is 0. The van der Waals surface area contributed by atoms with Crippen molar-refractivity contribution in [2.24, 2.45) is 0 Å². The predicted octanol–water partition coefficient (Wildman–Crippen LogP) is 0.368. The molecule has 1 saturated heterocycles. The maximum absolute atomic E-state index is 12.4. The average Bonchev–Trinajstić information content (AvgIpc) is 2.14. The summed E-state index contributed by atoms with van der Waals surface area (Å²) in [5, 5.41) is 8.94. The van der Waals surface area contributed by atoms with E-state index in [0.29, 0.717) is 19.5 Å². The molecule has 0 amide bonds. The summed E-state index contributed by atoms with van der Waals surface area (Å²) in [6.45, 7) is 2.69. The third-order valence-corrected chi connectivity index (χ3v) is 1.70. The molecule has 0 bridgehead atoms. The number of aliphatic hydroxyl groups is 1. The lowest BCUT2D eigenvalue weighted by atomic mass is 10.3. The molecule has 0 radical (unpaired) electrons. The number of hydrogen-bond acceptors (Lipinski definition) is 2. The molecule has 1 fully saturated rings. The van der Waals surface area contributed by atoms with Gasteiger partial charge in [0.05, 0.1) is 6.10 Å². The third-order valence-electron chi connectivity index (χ3n) is 1.70. The smallest absolute Gasteiger partial charge is 0.150 e. The van der Waals surface area contributed by atoms with Crippen LogP contribution in [-0.4, -0.2) is 35.5 Å². The van der Waals surface area contributed by atoms with E-state index in [4.69, 9.17) is 5.11 Å². The second-order valence-electron chi connectivity index (χ2n) is 2.51. The lowest BCUT2D eigenvalue weighted by molar-refractivity contribution is 0.101. The second-order valence-corrected chi connectivity index (χ2v) is 2.51. The van der Waals surface area contributed by atoms with Crippen molar-refractivity contribution in [1.29, 1.82) is 0 Å². The van der Waals surface area contributed by atoms with Crippen LogP contribution in [0, 0.1) is 0 Å². The van der Waals surface area contributed by atoms with Crippen LogP contribution in [-0.2, 0) is 0 Å². The summed E-state index contributed by atoms with van der Waals surface area (Å²) in [4.78, 5) is 1.63. The number of β-amino-alcohol motifs (C(OH)–C–C–N with tert-alkyl or cyclic N) is 1. The molecule has 0 aromatic carbocycles. The van der Waals surface area contributed by atoms with Crippen LogP contribution in [0.5, 0.6) is 0 Å². The summed E-state index contributed by atoms with van der Waals surface area (Å²) < 4.78 is 12.4. The van der Waals surface area contributed by atoms with Gasteiger partial charge >= 0.3 is 0 Å². The molecular formula is C6H12FNO. The van der Waals surface area contributed by atoms with E-state index in [2.05, 4.69) is 0 Å². The Labute approximate surface area is 54.3 Å². The van der Waals surface area contributed by atoms with E-state index in [1.165, 1.54) is 6.92 Å². The molecule has 9 heavy (non-hydrogen) atoms. The van der Waals surface area contributed by atoms with E-state index in [0.717, 1.165) is 0 Å². The minimum absolute atomic E-state index is 0.303. The number of aliphatic hydroxyl groups excluding tert-OH is 1. The Morgan fingerprint density at radius 2 is 2.44 bits per heavy atom. The summed E-state index contributed by atoms with van der Waals surface area (Å²) in [6, 6.07) is 0. The minimum Gasteiger partial charge on any atom is -0.392 e. The molecule has 3 heteroatoms. The lowest BCUT2D eigenvalue weighted by Gasteiger charge is -2.15. The quantitative estimate of drug-likeness (QED) is 0.522. The van der Waals surface area contributed by atoms with E-state index in [1.807, 2.05) is 0 Å². The highest BCUT2D eigenvalue weighted by molar-refractivity contribution is 4.74. The number of nitrogens with zero attached hydrogens (tertiary/aromatic N) is 1. The Morgan fingerprint density at radius 3 is 2.67 bits per heavy atom. The molecule has 2 atom stereocenters. The highest BCUT2D eigenvalue weighted by Gasteiger charge is 2.23. The number of halogens is 1. The fourth-order valence-corrected chi connectivity index (χ4v) is 1.09. The largest absolute Gasteiger partial charge is 0.392 e. The summed E-state index contributed by atoms with van der Waals surface area (Å²) in [5.74, 6) is 0. The van der Waals surface area contributed by atoms with Gasteiger partial charge in [-0.05, 0) is 13.3 Å². The van der Waals surface area contributed by atoms with Crippen LogP contribution in [0.2, 0.25) is 0 Å². The molecule has 0 aromatic rings. The monoisotopic (exact) mass is 133 g/mol. The Hall–Kier alpha value is -0.150. The molecule has 0 saturated carbocycles. The first-order valence-corrected chi connectivity index (χ1v) is 3.26. The van der Waals surface area contributed by atoms with Crippen molar-refractivity contribution in [3.63, 3.8) is 0 Å². The van der Waals surface area contributed by atoms with Gasteiger partial charge in [0, 0.05) is 13.1 Å². The van der Waals surface area contributed by atoms with Crippen molar-refractivity contribution in [3.05, 3.63) is 0 Å². The van der Waals surface area contributed by atoms with E-state index in [-0.39, 0.29) is 6.10 Å². The lowest BCUT2D eigenvalue weighted by Crippen LogP contribution is -2.28. The predicted molar refractivity (Wildman–Crippen MR) is 32.8 cm³/mol. The first-order chi connectivity index (χ1) is 4.20. The molecule has 54 valence electrons. The van der Waals surface area contributed by atoms with E-state index in [1.54, 1.807) is 4.90 Å². The van der Waals surface area contributed by atoms with Crippen LogP contribution in [0.3, 0.4) is 0 Å². The first kappa shape index (κ1) is 6.96. The van der Waals surface area contributed by atoms with Gasteiger partial charge in [-0.25, -0.2) is 4.39 Å². The van der Waals surface area contributed by atoms with Crippen LogP contribution in [0.15, 0.2) is 0 Å². The Morgan fingerprint density at radius 1 is 1.78 bits per heavy atom. The van der Waals surface area contributed by atoms with Crippen molar-refractivity contribution < 1.29 is 9.50 Å². The highest BCUT2D eigenvalue weighted by Crippen LogP contribution is 2.12. The fraction of sp³-hybridized carbons (Fsp3) is 1.00. The van der Waals surface area contributed by atoms with Crippen LogP contribution in [0.1, 0.15) is 13.3 Å². The molecule has 0 aliphatic carbocycles. The van der Waals surface area contributed by atoms with Gasteiger partial charge in [0.15, 0.2) is 6.30 Å². The maximum atomic E-state index is 12.4. The van der Waals surface area contributed by atoms with Crippen LogP contribution < -0.4 is 0 Å². The van der Waals surface area contributed by atoms with Gasteiger partial charge in [-0.2, -0.15) is 0 Å². The van der Waals surface area contributed by atoms with Crippen LogP contribution >= 0.6 is 0 Å². The number of likely N-dealkylation sites (tertiary alicyclic amines) is 1. The molecule has 0 aromatic heterocycles. The van der Waals surface area contributed by atoms with Crippen molar-refractivity contribution in [1.82, 2.24) is 4.90 Å². The molecule has 2 unspecified atom stereocenters. The SMILES string of the molecule is CC(F)N1CCC(O)C1. The topological polar surface area (TPSA) is 23.5 Å². The molecule has 0 spiro atoms. The van der Waals surface area contributed by atoms with Crippen molar-refractivity contribution in [3.8, 4) is 0 Å². The zero-order valence-corrected chi connectivity index (χ0v) is 5.55. The molecule has 1 rings (SSSR count). The third kappa shape index (κ3) is 1.63. The second kappa shape index (κ2) is 2.62. The zero-order chi connectivity index (χ0) is 6.85. The Balaban J connectivity index is 2.30. The van der Waals surface area contributed by atoms with Crippen molar-refractivity contribution in [2.75, 3.05) is 13.1 Å². The summed E-state index contributed by atoms with van der Waals surface area (Å²) >= 11 is 0. The molecular weight excluding hydrogens is 121 g/mol. The molecule has 1 heterocycles. The number of hydrogen-bond donors (Lipinski definition) is 1. The van der Waals surface area contributed by atoms with Gasteiger partial charge < -0.3 is 5.11 Å². The minimum atomic E-state index is -0.901. The normalized spacial score (nSPS) is 33.0. The van der Waals surface area contributed by atoms with Crippen LogP contribution in [0.25, 0.3) is 0 Å². The highest BCUT2D eigenvalue weighted by atomic mass is 19.1. The zero-order valence-electron chi connectivity index (χ0n) is 5.55. The molecule has 1 N–H and O–H groups in total. The van der Waals surface area contributed by atoms with Crippen molar-refractivity contribution >= 4 is 0 Å². The standard InChI is InChI=1S/C6H12FNO/c1-5(7)8-3-2-6(9)4-8/h5-6,9H,2-4H2,1H3. The fourth-order valence-electron chi connectivity index (χ4n) is 1.09. The van der Waals surface area contributed by atoms with Gasteiger partial charge in [0.25, 0.3) is 0 Å². The van der Waals surface area contributed by atoms with Gasteiger partial charge in [-0.3, -0.25) is 4.90 Å². The van der Waals surface area contributed by atoms with Crippen LogP contribution in [0.4, 0.5) is 4.39 Å². The van der Waals surface area contributed by atoms with Gasteiger partial charge in [0.2, 0.25) is 0 Å². The first-order valence-electron chi connectivity index (χ1n) is 3.26.